The molecule has 0 bridgehead atoms. The molecule has 1 unspecified atom stereocenters. The molecule has 0 radical (unpaired) electrons. The Morgan fingerprint density at radius 3 is 2.42 bits per heavy atom. The van der Waals surface area contributed by atoms with Crippen LogP contribution < -0.4 is 0 Å². The summed E-state index contributed by atoms with van der Waals surface area (Å²) in [4.78, 5) is 0. The summed E-state index contributed by atoms with van der Waals surface area (Å²) >= 11 is 0. The monoisotopic (exact) mass is 336 g/mol. The second-order valence-electron chi connectivity index (χ2n) is 7.73. The lowest BCUT2D eigenvalue weighted by atomic mass is 9.87. The molecule has 0 aromatic rings. The molecule has 0 spiro atoms. The molecule has 1 aliphatic carbocycles. The van der Waals surface area contributed by atoms with E-state index in [2.05, 4.69) is 32.6 Å². The molecule has 24 heavy (non-hydrogen) atoms. The van der Waals surface area contributed by atoms with E-state index < -0.39 is 5.60 Å². The summed E-state index contributed by atoms with van der Waals surface area (Å²) in [6.45, 7) is 8.19. The molecule has 1 rings (SSSR count). The summed E-state index contributed by atoms with van der Waals surface area (Å²) in [5, 5.41) is 20.8. The molecule has 1 fully saturated rings. The molecule has 0 amide bonds. The van der Waals surface area contributed by atoms with Crippen LogP contribution in [0.25, 0.3) is 0 Å². The zero-order valence-corrected chi connectivity index (χ0v) is 16.1. The van der Waals surface area contributed by atoms with Gasteiger partial charge in [-0.15, -0.1) is 6.58 Å². The number of unbranched alkanes of at least 4 members (excludes halogenated alkanes) is 5. The largest absolute Gasteiger partial charge is 0.393 e. The van der Waals surface area contributed by atoms with Crippen molar-refractivity contribution in [2.24, 2.45) is 11.8 Å². The van der Waals surface area contributed by atoms with Gasteiger partial charge >= 0.3 is 0 Å². The summed E-state index contributed by atoms with van der Waals surface area (Å²) in [7, 11) is 0. The van der Waals surface area contributed by atoms with E-state index in [1.165, 1.54) is 38.5 Å². The van der Waals surface area contributed by atoms with Gasteiger partial charge in [0.05, 0.1) is 11.7 Å². The second-order valence-corrected chi connectivity index (χ2v) is 7.73. The first kappa shape index (κ1) is 21.4. The zero-order chi connectivity index (χ0) is 17.8. The highest BCUT2D eigenvalue weighted by atomic mass is 16.3. The summed E-state index contributed by atoms with van der Waals surface area (Å²) in [5.74, 6) is 0.891. The van der Waals surface area contributed by atoms with Crippen molar-refractivity contribution in [2.45, 2.75) is 103 Å². The van der Waals surface area contributed by atoms with Crippen LogP contribution in [0, 0.1) is 11.8 Å². The van der Waals surface area contributed by atoms with E-state index in [1.54, 1.807) is 6.08 Å². The fourth-order valence-electron chi connectivity index (χ4n) is 3.92. The minimum absolute atomic E-state index is 0.200. The number of hydrogen-bond donors (Lipinski definition) is 2. The van der Waals surface area contributed by atoms with Crippen molar-refractivity contribution in [2.75, 3.05) is 0 Å². The molecule has 0 aromatic heterocycles. The van der Waals surface area contributed by atoms with Gasteiger partial charge in [-0.25, -0.2) is 0 Å². The molecule has 0 aromatic carbocycles. The highest BCUT2D eigenvalue weighted by molar-refractivity contribution is 5.05. The lowest BCUT2D eigenvalue weighted by Gasteiger charge is -2.23. The van der Waals surface area contributed by atoms with E-state index in [0.29, 0.717) is 12.3 Å². The number of rotatable bonds is 13. The lowest BCUT2D eigenvalue weighted by molar-refractivity contribution is 0.0818. The van der Waals surface area contributed by atoms with Crippen LogP contribution in [0.15, 0.2) is 24.8 Å². The van der Waals surface area contributed by atoms with Gasteiger partial charge in [-0.05, 0) is 38.0 Å². The Morgan fingerprint density at radius 1 is 1.04 bits per heavy atom. The Hall–Kier alpha value is -0.600. The average Bonchev–Trinajstić information content (AvgIpc) is 2.93. The molecule has 0 saturated heterocycles. The molecule has 4 atom stereocenters. The van der Waals surface area contributed by atoms with Gasteiger partial charge in [0.2, 0.25) is 0 Å². The van der Waals surface area contributed by atoms with Gasteiger partial charge in [-0.1, -0.05) is 77.0 Å². The van der Waals surface area contributed by atoms with E-state index in [-0.39, 0.29) is 12.0 Å². The van der Waals surface area contributed by atoms with Crippen molar-refractivity contribution in [3.8, 4) is 0 Å². The normalized spacial score (nSPS) is 26.8. The SMILES string of the molecule is C=CC(O)(CC=C[C@@H]1[C@@H](CCCCCCC)CC[C@H]1O)CCCC. The third-order valence-electron chi connectivity index (χ3n) is 5.67. The molecule has 1 saturated carbocycles. The molecule has 2 nitrogen and oxygen atoms in total. The van der Waals surface area contributed by atoms with Gasteiger partial charge in [0.1, 0.15) is 0 Å². The maximum absolute atomic E-state index is 10.5. The van der Waals surface area contributed by atoms with E-state index in [0.717, 1.165) is 32.1 Å². The Bertz CT molecular complexity index is 363. The standard InChI is InChI=1S/C22H40O2/c1-4-7-9-10-11-13-19-15-16-21(23)20(19)14-12-18-22(24,6-3)17-8-5-2/h6,12,14,19-21,23-24H,3-5,7-11,13,15-18H2,1-2H3/t19-,20+,21+,22?/m0/s1. The molecule has 2 heteroatoms. The smallest absolute Gasteiger partial charge is 0.0859 e. The molecule has 1 aliphatic rings. The van der Waals surface area contributed by atoms with Crippen LogP contribution in [0.2, 0.25) is 0 Å². The second kappa shape index (κ2) is 11.9. The van der Waals surface area contributed by atoms with Crippen LogP contribution in [0.5, 0.6) is 0 Å². The van der Waals surface area contributed by atoms with E-state index in [4.69, 9.17) is 0 Å². The number of hydrogen-bond acceptors (Lipinski definition) is 2. The fraction of sp³-hybridized carbons (Fsp3) is 0.818. The Morgan fingerprint density at radius 2 is 1.75 bits per heavy atom. The van der Waals surface area contributed by atoms with Gasteiger partial charge < -0.3 is 10.2 Å². The maximum Gasteiger partial charge on any atom is 0.0859 e. The third-order valence-corrected chi connectivity index (χ3v) is 5.67. The van der Waals surface area contributed by atoms with E-state index >= 15 is 0 Å². The van der Waals surface area contributed by atoms with Crippen molar-refractivity contribution in [3.05, 3.63) is 24.8 Å². The molecule has 140 valence electrons. The first-order chi connectivity index (χ1) is 11.6. The van der Waals surface area contributed by atoms with Crippen molar-refractivity contribution in [1.29, 1.82) is 0 Å². The third kappa shape index (κ3) is 7.53. The van der Waals surface area contributed by atoms with Gasteiger partial charge in [-0.3, -0.25) is 0 Å². The predicted molar refractivity (Wildman–Crippen MR) is 104 cm³/mol. The predicted octanol–water partition coefficient (Wildman–Crippen LogP) is 5.79. The fourth-order valence-corrected chi connectivity index (χ4v) is 3.92. The van der Waals surface area contributed by atoms with Crippen LogP contribution in [0.4, 0.5) is 0 Å². The van der Waals surface area contributed by atoms with Crippen LogP contribution >= 0.6 is 0 Å². The van der Waals surface area contributed by atoms with Gasteiger partial charge in [0, 0.05) is 5.92 Å². The highest BCUT2D eigenvalue weighted by Gasteiger charge is 2.32. The van der Waals surface area contributed by atoms with Crippen LogP contribution in [0.1, 0.15) is 90.9 Å². The van der Waals surface area contributed by atoms with Crippen LogP contribution in [-0.4, -0.2) is 21.9 Å². The molecule has 0 aliphatic heterocycles. The average molecular weight is 337 g/mol. The maximum atomic E-state index is 10.5. The topological polar surface area (TPSA) is 40.5 Å². The van der Waals surface area contributed by atoms with Gasteiger partial charge in [0.25, 0.3) is 0 Å². The number of aliphatic hydroxyl groups excluding tert-OH is 1. The number of aliphatic hydroxyl groups is 2. The minimum atomic E-state index is -0.786. The first-order valence-electron chi connectivity index (χ1n) is 10.3. The quantitative estimate of drug-likeness (QED) is 0.330. The van der Waals surface area contributed by atoms with Crippen LogP contribution in [-0.2, 0) is 0 Å². The molecular formula is C22H40O2. The minimum Gasteiger partial charge on any atom is -0.393 e. The summed E-state index contributed by atoms with van der Waals surface area (Å²) in [6.07, 6.45) is 19.1. The Balaban J connectivity index is 2.45. The summed E-state index contributed by atoms with van der Waals surface area (Å²) in [6, 6.07) is 0. The van der Waals surface area contributed by atoms with Crippen molar-refractivity contribution in [3.63, 3.8) is 0 Å². The van der Waals surface area contributed by atoms with Gasteiger partial charge in [-0.2, -0.15) is 0 Å². The van der Waals surface area contributed by atoms with E-state index in [9.17, 15) is 10.2 Å². The molecule has 0 heterocycles. The van der Waals surface area contributed by atoms with Crippen molar-refractivity contribution >= 4 is 0 Å². The summed E-state index contributed by atoms with van der Waals surface area (Å²) in [5.41, 5.74) is -0.786. The van der Waals surface area contributed by atoms with Gasteiger partial charge in [0.15, 0.2) is 0 Å². The Labute approximate surface area is 150 Å². The van der Waals surface area contributed by atoms with E-state index in [1.807, 2.05) is 0 Å². The first-order valence-corrected chi connectivity index (χ1v) is 10.3. The zero-order valence-electron chi connectivity index (χ0n) is 16.1. The Kier molecular flexibility index (Phi) is 10.6. The van der Waals surface area contributed by atoms with Crippen LogP contribution in [0.3, 0.4) is 0 Å². The molecular weight excluding hydrogens is 296 g/mol. The van der Waals surface area contributed by atoms with Crippen molar-refractivity contribution in [1.82, 2.24) is 0 Å². The van der Waals surface area contributed by atoms with Crippen molar-refractivity contribution < 1.29 is 10.2 Å². The molecule has 2 N–H and O–H groups in total. The highest BCUT2D eigenvalue weighted by Crippen LogP contribution is 2.37. The summed E-state index contributed by atoms with van der Waals surface area (Å²) < 4.78 is 0. The lowest BCUT2D eigenvalue weighted by Crippen LogP contribution is -2.24.